The summed E-state index contributed by atoms with van der Waals surface area (Å²) >= 11 is 0. The summed E-state index contributed by atoms with van der Waals surface area (Å²) in [5.41, 5.74) is -0.127. The van der Waals surface area contributed by atoms with Crippen molar-refractivity contribution in [3.8, 4) is 0 Å². The largest absolute Gasteiger partial charge is 0.455 e. The molecule has 1 heterocycles. The highest BCUT2D eigenvalue weighted by molar-refractivity contribution is 5.94. The Morgan fingerprint density at radius 3 is 2.55 bits per heavy atom. The summed E-state index contributed by atoms with van der Waals surface area (Å²) in [6.45, 7) is 5.28. The lowest BCUT2D eigenvalue weighted by Crippen LogP contribution is -2.24. The molecule has 0 saturated heterocycles. The van der Waals surface area contributed by atoms with Gasteiger partial charge in [0.2, 0.25) is 0 Å². The molecule has 0 N–H and O–H groups in total. The molecule has 2 aromatic rings. The SMILES string of the molecule is CC(C)(C)OC(=O)c1ccc2c([N+](=O)[O-])cccc2n1. The maximum atomic E-state index is 11.9. The van der Waals surface area contributed by atoms with Gasteiger partial charge < -0.3 is 4.74 Å². The van der Waals surface area contributed by atoms with Crippen molar-refractivity contribution in [1.29, 1.82) is 0 Å². The van der Waals surface area contributed by atoms with Crippen LogP contribution in [0.3, 0.4) is 0 Å². The van der Waals surface area contributed by atoms with Crippen molar-refractivity contribution in [1.82, 2.24) is 4.98 Å². The van der Waals surface area contributed by atoms with Gasteiger partial charge in [-0.15, -0.1) is 0 Å². The Morgan fingerprint density at radius 1 is 1.25 bits per heavy atom. The van der Waals surface area contributed by atoms with E-state index in [1.807, 2.05) is 0 Å². The molecule has 0 aliphatic heterocycles. The van der Waals surface area contributed by atoms with E-state index in [-0.39, 0.29) is 11.4 Å². The number of fused-ring (bicyclic) bond motifs is 1. The quantitative estimate of drug-likeness (QED) is 0.477. The van der Waals surface area contributed by atoms with Gasteiger partial charge in [0.05, 0.1) is 15.8 Å². The van der Waals surface area contributed by atoms with E-state index in [0.29, 0.717) is 10.9 Å². The minimum atomic E-state index is -0.615. The van der Waals surface area contributed by atoms with Crippen molar-refractivity contribution >= 4 is 22.6 Å². The first kappa shape index (κ1) is 13.9. The van der Waals surface area contributed by atoms with Crippen LogP contribution >= 0.6 is 0 Å². The van der Waals surface area contributed by atoms with E-state index in [9.17, 15) is 14.9 Å². The van der Waals surface area contributed by atoms with Crippen LogP contribution in [0.1, 0.15) is 31.3 Å². The van der Waals surface area contributed by atoms with Crippen LogP contribution in [0.25, 0.3) is 10.9 Å². The lowest BCUT2D eigenvalue weighted by Gasteiger charge is -2.19. The number of hydrogen-bond acceptors (Lipinski definition) is 5. The van der Waals surface area contributed by atoms with Gasteiger partial charge >= 0.3 is 5.97 Å². The summed E-state index contributed by atoms with van der Waals surface area (Å²) in [5, 5.41) is 11.3. The smallest absolute Gasteiger partial charge is 0.357 e. The van der Waals surface area contributed by atoms with Crippen molar-refractivity contribution in [2.45, 2.75) is 26.4 Å². The molecule has 0 spiro atoms. The van der Waals surface area contributed by atoms with E-state index in [4.69, 9.17) is 4.74 Å². The molecular formula is C14H14N2O4. The summed E-state index contributed by atoms with van der Waals surface area (Å²) in [6, 6.07) is 7.50. The Balaban J connectivity index is 2.45. The number of nitro groups is 1. The molecule has 0 fully saturated rings. The Labute approximate surface area is 115 Å². The zero-order chi connectivity index (χ0) is 14.9. The van der Waals surface area contributed by atoms with Gasteiger partial charge in [-0.1, -0.05) is 6.07 Å². The van der Waals surface area contributed by atoms with E-state index in [0.717, 1.165) is 0 Å². The fourth-order valence-corrected chi connectivity index (χ4v) is 1.74. The number of pyridine rings is 1. The predicted octanol–water partition coefficient (Wildman–Crippen LogP) is 3.10. The lowest BCUT2D eigenvalue weighted by atomic mass is 10.1. The number of hydrogen-bond donors (Lipinski definition) is 0. The average molecular weight is 274 g/mol. The molecule has 1 aromatic heterocycles. The van der Waals surface area contributed by atoms with Crippen LogP contribution in [0.5, 0.6) is 0 Å². The van der Waals surface area contributed by atoms with E-state index in [1.165, 1.54) is 24.3 Å². The third-order valence-electron chi connectivity index (χ3n) is 2.51. The van der Waals surface area contributed by atoms with Crippen LogP contribution in [0.2, 0.25) is 0 Å². The molecule has 104 valence electrons. The van der Waals surface area contributed by atoms with E-state index in [2.05, 4.69) is 4.98 Å². The summed E-state index contributed by atoms with van der Waals surface area (Å²) in [4.78, 5) is 26.5. The summed E-state index contributed by atoms with van der Waals surface area (Å²) in [5.74, 6) is -0.550. The van der Waals surface area contributed by atoms with Gasteiger partial charge in [-0.3, -0.25) is 10.1 Å². The number of ether oxygens (including phenoxy) is 1. The maximum absolute atomic E-state index is 11.9. The topological polar surface area (TPSA) is 82.3 Å². The minimum Gasteiger partial charge on any atom is -0.455 e. The number of carbonyl (C=O) groups is 1. The second-order valence-corrected chi connectivity index (χ2v) is 5.30. The first-order valence-electron chi connectivity index (χ1n) is 6.05. The maximum Gasteiger partial charge on any atom is 0.357 e. The number of benzene rings is 1. The molecule has 1 aromatic carbocycles. The van der Waals surface area contributed by atoms with E-state index < -0.39 is 16.5 Å². The summed E-state index contributed by atoms with van der Waals surface area (Å²) in [6.07, 6.45) is 0. The molecule has 0 bridgehead atoms. The number of nitrogens with zero attached hydrogens (tertiary/aromatic N) is 2. The van der Waals surface area contributed by atoms with Crippen molar-refractivity contribution < 1.29 is 14.5 Å². The number of esters is 1. The Bertz CT molecular complexity index is 689. The van der Waals surface area contributed by atoms with Gasteiger partial charge in [-0.2, -0.15) is 0 Å². The molecule has 0 radical (unpaired) electrons. The number of nitro benzene ring substituents is 1. The van der Waals surface area contributed by atoms with Crippen LogP contribution in [0, 0.1) is 10.1 Å². The van der Waals surface area contributed by atoms with E-state index in [1.54, 1.807) is 26.8 Å². The first-order chi connectivity index (χ1) is 9.28. The highest BCUT2D eigenvalue weighted by atomic mass is 16.6. The van der Waals surface area contributed by atoms with E-state index >= 15 is 0 Å². The van der Waals surface area contributed by atoms with Crippen LogP contribution in [0.4, 0.5) is 5.69 Å². The van der Waals surface area contributed by atoms with Crippen molar-refractivity contribution in [2.75, 3.05) is 0 Å². The highest BCUT2D eigenvalue weighted by Gasteiger charge is 2.20. The first-order valence-corrected chi connectivity index (χ1v) is 6.05. The number of aromatic nitrogens is 1. The molecule has 0 saturated carbocycles. The second kappa shape index (κ2) is 4.88. The van der Waals surface area contributed by atoms with Crippen molar-refractivity contribution in [3.05, 3.63) is 46.1 Å². The molecule has 20 heavy (non-hydrogen) atoms. The van der Waals surface area contributed by atoms with Crippen LogP contribution < -0.4 is 0 Å². The molecule has 6 nitrogen and oxygen atoms in total. The molecule has 0 unspecified atom stereocenters. The van der Waals surface area contributed by atoms with Crippen molar-refractivity contribution in [3.63, 3.8) is 0 Å². The van der Waals surface area contributed by atoms with Gasteiger partial charge in [0.25, 0.3) is 5.69 Å². The average Bonchev–Trinajstić information content (AvgIpc) is 2.35. The predicted molar refractivity (Wildman–Crippen MR) is 73.6 cm³/mol. The van der Waals surface area contributed by atoms with Gasteiger partial charge in [0.15, 0.2) is 0 Å². The fraction of sp³-hybridized carbons (Fsp3) is 0.286. The molecule has 0 aliphatic rings. The third-order valence-corrected chi connectivity index (χ3v) is 2.51. The van der Waals surface area contributed by atoms with Gasteiger partial charge in [-0.25, -0.2) is 9.78 Å². The van der Waals surface area contributed by atoms with Crippen LogP contribution in [-0.4, -0.2) is 21.5 Å². The summed E-state index contributed by atoms with van der Waals surface area (Å²) in [7, 11) is 0. The molecule has 0 aliphatic carbocycles. The number of rotatable bonds is 2. The fourth-order valence-electron chi connectivity index (χ4n) is 1.74. The zero-order valence-corrected chi connectivity index (χ0v) is 11.4. The lowest BCUT2D eigenvalue weighted by molar-refractivity contribution is -0.383. The minimum absolute atomic E-state index is 0.0364. The Hall–Kier alpha value is -2.50. The van der Waals surface area contributed by atoms with Crippen molar-refractivity contribution in [2.24, 2.45) is 0 Å². The van der Waals surface area contributed by atoms with Gasteiger partial charge in [-0.05, 0) is 39.0 Å². The standard InChI is InChI=1S/C14H14N2O4/c1-14(2,3)20-13(17)11-8-7-9-10(15-11)5-4-6-12(9)16(18)19/h4-8H,1-3H3. The van der Waals surface area contributed by atoms with Crippen LogP contribution in [-0.2, 0) is 4.74 Å². The monoisotopic (exact) mass is 274 g/mol. The zero-order valence-electron chi connectivity index (χ0n) is 11.4. The second-order valence-electron chi connectivity index (χ2n) is 5.30. The third kappa shape index (κ3) is 2.90. The highest BCUT2D eigenvalue weighted by Crippen LogP contribution is 2.24. The molecule has 0 amide bonds. The Morgan fingerprint density at radius 2 is 1.95 bits per heavy atom. The molecule has 0 atom stereocenters. The molecular weight excluding hydrogens is 260 g/mol. The molecule has 6 heteroatoms. The molecule has 2 rings (SSSR count). The van der Waals surface area contributed by atoms with Gasteiger partial charge in [0.1, 0.15) is 11.3 Å². The normalized spacial score (nSPS) is 11.3. The van der Waals surface area contributed by atoms with Crippen LogP contribution in [0.15, 0.2) is 30.3 Å². The van der Waals surface area contributed by atoms with Gasteiger partial charge in [0, 0.05) is 6.07 Å². The number of carbonyl (C=O) groups excluding carboxylic acids is 1. The number of non-ortho nitro benzene ring substituents is 1. The summed E-state index contributed by atoms with van der Waals surface area (Å²) < 4.78 is 5.22. The Kier molecular flexibility index (Phi) is 3.40.